The molecule has 0 bridgehead atoms. The standard InChI is InChI=1S/C7H16N2O2S/c1-4-9(2)7(10)8-5-6-12(3)11/h4-6H2,1-3H3,(H,8,10). The third-order valence-electron chi connectivity index (χ3n) is 1.49. The lowest BCUT2D eigenvalue weighted by Gasteiger charge is -2.14. The molecular weight excluding hydrogens is 176 g/mol. The van der Waals surface area contributed by atoms with Gasteiger partial charge in [0.2, 0.25) is 0 Å². The number of nitrogens with zero attached hydrogens (tertiary/aromatic N) is 1. The third kappa shape index (κ3) is 5.12. The van der Waals surface area contributed by atoms with Crippen LogP contribution in [0, 0.1) is 0 Å². The van der Waals surface area contributed by atoms with Gasteiger partial charge in [0, 0.05) is 42.9 Å². The first-order chi connectivity index (χ1) is 5.57. The van der Waals surface area contributed by atoms with Crippen molar-refractivity contribution in [3.8, 4) is 0 Å². The van der Waals surface area contributed by atoms with Crippen molar-refractivity contribution in [2.45, 2.75) is 6.92 Å². The highest BCUT2D eigenvalue weighted by molar-refractivity contribution is 7.84. The SMILES string of the molecule is CCN(C)C(=O)NCCS(C)=O. The van der Waals surface area contributed by atoms with Crippen LogP contribution < -0.4 is 5.32 Å². The van der Waals surface area contributed by atoms with Gasteiger partial charge in [0.05, 0.1) is 0 Å². The summed E-state index contributed by atoms with van der Waals surface area (Å²) in [5, 5.41) is 2.66. The summed E-state index contributed by atoms with van der Waals surface area (Å²) in [6, 6.07) is -0.108. The van der Waals surface area contributed by atoms with E-state index in [0.29, 0.717) is 18.8 Å². The summed E-state index contributed by atoms with van der Waals surface area (Å²) in [5.74, 6) is 0.517. The summed E-state index contributed by atoms with van der Waals surface area (Å²) < 4.78 is 10.6. The largest absolute Gasteiger partial charge is 0.337 e. The Morgan fingerprint density at radius 3 is 2.58 bits per heavy atom. The Kier molecular flexibility index (Phi) is 5.70. The lowest BCUT2D eigenvalue weighted by Crippen LogP contribution is -2.38. The van der Waals surface area contributed by atoms with Gasteiger partial charge in [0.25, 0.3) is 0 Å². The van der Waals surface area contributed by atoms with Crippen molar-refractivity contribution in [3.63, 3.8) is 0 Å². The fourth-order valence-electron chi connectivity index (χ4n) is 0.580. The van der Waals surface area contributed by atoms with E-state index in [9.17, 15) is 9.00 Å². The molecule has 0 heterocycles. The Balaban J connectivity index is 3.50. The molecule has 0 aliphatic heterocycles. The number of amides is 2. The number of nitrogens with one attached hydrogen (secondary N) is 1. The van der Waals surface area contributed by atoms with Gasteiger partial charge in [-0.1, -0.05) is 0 Å². The molecule has 0 aromatic rings. The molecular formula is C7H16N2O2S. The number of rotatable bonds is 4. The van der Waals surface area contributed by atoms with Crippen LogP contribution in [0.2, 0.25) is 0 Å². The molecule has 12 heavy (non-hydrogen) atoms. The van der Waals surface area contributed by atoms with Gasteiger partial charge in [-0.05, 0) is 6.92 Å². The van der Waals surface area contributed by atoms with E-state index < -0.39 is 10.8 Å². The topological polar surface area (TPSA) is 49.4 Å². The van der Waals surface area contributed by atoms with Crippen molar-refractivity contribution in [3.05, 3.63) is 0 Å². The molecule has 1 atom stereocenters. The molecule has 5 heteroatoms. The van der Waals surface area contributed by atoms with E-state index in [2.05, 4.69) is 5.32 Å². The molecule has 0 aliphatic rings. The molecule has 0 fully saturated rings. The highest BCUT2D eigenvalue weighted by Gasteiger charge is 2.03. The van der Waals surface area contributed by atoms with Crippen LogP contribution in [0.15, 0.2) is 0 Å². The van der Waals surface area contributed by atoms with Gasteiger partial charge < -0.3 is 10.2 Å². The van der Waals surface area contributed by atoms with Crippen molar-refractivity contribution in [2.24, 2.45) is 0 Å². The summed E-state index contributed by atoms with van der Waals surface area (Å²) in [5.41, 5.74) is 0. The zero-order valence-corrected chi connectivity index (χ0v) is 8.61. The Bertz CT molecular complexity index is 173. The Morgan fingerprint density at radius 2 is 2.17 bits per heavy atom. The van der Waals surface area contributed by atoms with Gasteiger partial charge in [0.1, 0.15) is 0 Å². The first kappa shape index (κ1) is 11.4. The predicted molar refractivity (Wildman–Crippen MR) is 50.6 cm³/mol. The average Bonchev–Trinajstić information content (AvgIpc) is 2.02. The molecule has 0 aromatic heterocycles. The van der Waals surface area contributed by atoms with Gasteiger partial charge >= 0.3 is 6.03 Å². The first-order valence-electron chi connectivity index (χ1n) is 3.87. The van der Waals surface area contributed by atoms with Gasteiger partial charge in [-0.3, -0.25) is 4.21 Å². The van der Waals surface area contributed by atoms with Crippen LogP contribution >= 0.6 is 0 Å². The fraction of sp³-hybridized carbons (Fsp3) is 0.857. The maximum absolute atomic E-state index is 11.1. The van der Waals surface area contributed by atoms with Crippen molar-refractivity contribution >= 4 is 16.8 Å². The normalized spacial score (nSPS) is 12.2. The van der Waals surface area contributed by atoms with E-state index in [1.165, 1.54) is 0 Å². The Hall–Kier alpha value is -0.580. The molecule has 0 rings (SSSR count). The molecule has 0 saturated carbocycles. The van der Waals surface area contributed by atoms with Crippen LogP contribution in [0.25, 0.3) is 0 Å². The van der Waals surface area contributed by atoms with E-state index in [1.54, 1.807) is 18.2 Å². The van der Waals surface area contributed by atoms with Crippen LogP contribution in [0.3, 0.4) is 0 Å². The lowest BCUT2D eigenvalue weighted by molar-refractivity contribution is 0.212. The van der Waals surface area contributed by atoms with Crippen molar-refractivity contribution in [1.29, 1.82) is 0 Å². The molecule has 0 radical (unpaired) electrons. The van der Waals surface area contributed by atoms with E-state index in [4.69, 9.17) is 0 Å². The van der Waals surface area contributed by atoms with Crippen molar-refractivity contribution < 1.29 is 9.00 Å². The summed E-state index contributed by atoms with van der Waals surface area (Å²) in [6.07, 6.45) is 1.62. The minimum Gasteiger partial charge on any atom is -0.337 e. The fourth-order valence-corrected chi connectivity index (χ4v) is 0.970. The minimum absolute atomic E-state index is 0.108. The highest BCUT2D eigenvalue weighted by atomic mass is 32.2. The first-order valence-corrected chi connectivity index (χ1v) is 5.59. The van der Waals surface area contributed by atoms with Crippen molar-refractivity contribution in [2.75, 3.05) is 32.1 Å². The average molecular weight is 192 g/mol. The van der Waals surface area contributed by atoms with Crippen molar-refractivity contribution in [1.82, 2.24) is 10.2 Å². The van der Waals surface area contributed by atoms with Crippen LogP contribution in [0.4, 0.5) is 4.79 Å². The smallest absolute Gasteiger partial charge is 0.317 e. The lowest BCUT2D eigenvalue weighted by atomic mass is 10.6. The number of hydrogen-bond acceptors (Lipinski definition) is 2. The molecule has 1 N–H and O–H groups in total. The minimum atomic E-state index is -0.830. The summed E-state index contributed by atoms with van der Waals surface area (Å²) in [7, 11) is 0.890. The van der Waals surface area contributed by atoms with Gasteiger partial charge in [-0.25, -0.2) is 4.79 Å². The number of hydrogen-bond donors (Lipinski definition) is 1. The molecule has 0 aromatic carbocycles. The van der Waals surface area contributed by atoms with Gasteiger partial charge in [0.15, 0.2) is 0 Å². The monoisotopic (exact) mass is 192 g/mol. The van der Waals surface area contributed by atoms with E-state index >= 15 is 0 Å². The number of carbonyl (C=O) groups is 1. The van der Waals surface area contributed by atoms with Crippen LogP contribution in [0.1, 0.15) is 6.92 Å². The van der Waals surface area contributed by atoms with E-state index in [0.717, 1.165) is 0 Å². The van der Waals surface area contributed by atoms with E-state index in [-0.39, 0.29) is 6.03 Å². The van der Waals surface area contributed by atoms with Crippen LogP contribution in [-0.4, -0.2) is 47.3 Å². The second-order valence-corrected chi connectivity index (χ2v) is 4.08. The Morgan fingerprint density at radius 1 is 1.58 bits per heavy atom. The predicted octanol–water partition coefficient (Wildman–Crippen LogP) is 0.0262. The van der Waals surface area contributed by atoms with Gasteiger partial charge in [-0.2, -0.15) is 0 Å². The molecule has 0 aliphatic carbocycles. The molecule has 72 valence electrons. The van der Waals surface area contributed by atoms with Gasteiger partial charge in [-0.15, -0.1) is 0 Å². The second-order valence-electron chi connectivity index (χ2n) is 2.52. The maximum atomic E-state index is 11.1. The molecule has 0 spiro atoms. The Labute approximate surface area is 75.8 Å². The third-order valence-corrected chi connectivity index (χ3v) is 2.27. The zero-order valence-electron chi connectivity index (χ0n) is 7.79. The molecule has 1 unspecified atom stereocenters. The number of carbonyl (C=O) groups excluding carboxylic acids is 1. The molecule has 2 amide bonds. The second kappa shape index (κ2) is 5.99. The highest BCUT2D eigenvalue weighted by Crippen LogP contribution is 1.82. The summed E-state index contributed by atoms with van der Waals surface area (Å²) >= 11 is 0. The van der Waals surface area contributed by atoms with Crippen LogP contribution in [0.5, 0.6) is 0 Å². The van der Waals surface area contributed by atoms with E-state index in [1.807, 2.05) is 6.92 Å². The quantitative estimate of drug-likeness (QED) is 0.683. The number of urea groups is 1. The summed E-state index contributed by atoms with van der Waals surface area (Å²) in [4.78, 5) is 12.6. The maximum Gasteiger partial charge on any atom is 0.317 e. The molecule has 4 nitrogen and oxygen atoms in total. The molecule has 0 saturated heterocycles. The van der Waals surface area contributed by atoms with Crippen LogP contribution in [-0.2, 0) is 10.8 Å². The zero-order chi connectivity index (χ0) is 9.56. The summed E-state index contributed by atoms with van der Waals surface area (Å²) in [6.45, 7) is 3.06.